The molecule has 0 saturated carbocycles. The molecular formula is C14H25NO. The van der Waals surface area contributed by atoms with E-state index in [1.807, 2.05) is 0 Å². The first-order chi connectivity index (χ1) is 7.81. The number of carbonyl (C=O) groups is 1. The number of hydrogen-bond donors (Lipinski definition) is 0. The Balaban J connectivity index is 3.12. The second kappa shape index (κ2) is 12.2. The van der Waals surface area contributed by atoms with Crippen molar-refractivity contribution in [1.82, 2.24) is 0 Å². The van der Waals surface area contributed by atoms with Gasteiger partial charge in [-0.1, -0.05) is 58.4 Å². The molecule has 16 heavy (non-hydrogen) atoms. The summed E-state index contributed by atoms with van der Waals surface area (Å²) < 4.78 is 0. The largest absolute Gasteiger partial charge is 0.268 e. The van der Waals surface area contributed by atoms with Crippen LogP contribution in [0.3, 0.4) is 0 Å². The van der Waals surface area contributed by atoms with Gasteiger partial charge < -0.3 is 0 Å². The lowest BCUT2D eigenvalue weighted by Gasteiger charge is -1.99. The van der Waals surface area contributed by atoms with E-state index >= 15 is 0 Å². The van der Waals surface area contributed by atoms with E-state index < -0.39 is 0 Å². The summed E-state index contributed by atoms with van der Waals surface area (Å²) in [7, 11) is 0. The van der Waals surface area contributed by atoms with Gasteiger partial charge in [0.05, 0.1) is 0 Å². The zero-order valence-electron chi connectivity index (χ0n) is 10.6. The summed E-state index contributed by atoms with van der Waals surface area (Å²) in [6.07, 6.45) is 14.4. The molecule has 2 nitrogen and oxygen atoms in total. The van der Waals surface area contributed by atoms with Crippen molar-refractivity contribution in [1.29, 1.82) is 0 Å². The summed E-state index contributed by atoms with van der Waals surface area (Å²) in [5.74, 6) is -0.237. The Morgan fingerprint density at radius 2 is 1.62 bits per heavy atom. The third kappa shape index (κ3) is 11.2. The monoisotopic (exact) mass is 223 g/mol. The number of amides is 1. The Morgan fingerprint density at radius 3 is 2.19 bits per heavy atom. The summed E-state index contributed by atoms with van der Waals surface area (Å²) >= 11 is 0. The molecular weight excluding hydrogens is 198 g/mol. The fourth-order valence-electron chi connectivity index (χ4n) is 1.58. The molecule has 0 bridgehead atoms. The maximum Gasteiger partial charge on any atom is 0.268 e. The van der Waals surface area contributed by atoms with E-state index in [1.165, 1.54) is 51.0 Å². The number of hydrogen-bond acceptors (Lipinski definition) is 1. The molecule has 0 spiro atoms. The van der Waals surface area contributed by atoms with Crippen molar-refractivity contribution in [3.05, 3.63) is 12.7 Å². The van der Waals surface area contributed by atoms with E-state index in [4.69, 9.17) is 0 Å². The zero-order valence-corrected chi connectivity index (χ0v) is 10.6. The lowest BCUT2D eigenvalue weighted by molar-refractivity contribution is -0.113. The van der Waals surface area contributed by atoms with Crippen LogP contribution in [0.25, 0.3) is 0 Å². The van der Waals surface area contributed by atoms with Gasteiger partial charge in [0, 0.05) is 6.21 Å². The maximum atomic E-state index is 10.7. The van der Waals surface area contributed by atoms with Gasteiger partial charge in [-0.25, -0.2) is 4.99 Å². The van der Waals surface area contributed by atoms with Gasteiger partial charge in [-0.2, -0.15) is 0 Å². The average Bonchev–Trinajstić information content (AvgIpc) is 2.31. The van der Waals surface area contributed by atoms with Crippen molar-refractivity contribution in [3.63, 3.8) is 0 Å². The molecule has 2 heteroatoms. The third-order valence-corrected chi connectivity index (χ3v) is 2.58. The molecule has 0 aromatic carbocycles. The van der Waals surface area contributed by atoms with Gasteiger partial charge in [-0.3, -0.25) is 4.79 Å². The number of rotatable bonds is 10. The lowest BCUT2D eigenvalue weighted by Crippen LogP contribution is -1.87. The number of unbranched alkanes of at least 4 members (excludes halogenated alkanes) is 8. The summed E-state index contributed by atoms with van der Waals surface area (Å²) in [6, 6.07) is 0. The molecule has 0 aliphatic heterocycles. The van der Waals surface area contributed by atoms with Crippen LogP contribution in [0.4, 0.5) is 0 Å². The van der Waals surface area contributed by atoms with Crippen molar-refractivity contribution in [2.75, 3.05) is 0 Å². The fourth-order valence-corrected chi connectivity index (χ4v) is 1.58. The Morgan fingerprint density at radius 1 is 1.06 bits per heavy atom. The molecule has 0 aliphatic carbocycles. The Labute approximate surface area is 99.9 Å². The van der Waals surface area contributed by atoms with E-state index in [0.29, 0.717) is 0 Å². The summed E-state index contributed by atoms with van der Waals surface area (Å²) in [5, 5.41) is 0. The normalized spacial score (nSPS) is 10.8. The minimum absolute atomic E-state index is 0.237. The molecule has 0 aliphatic rings. The second-order valence-electron chi connectivity index (χ2n) is 4.12. The van der Waals surface area contributed by atoms with E-state index in [0.717, 1.165) is 12.8 Å². The number of nitrogens with zero attached hydrogens (tertiary/aromatic N) is 1. The van der Waals surface area contributed by atoms with Gasteiger partial charge >= 0.3 is 0 Å². The average molecular weight is 223 g/mol. The first-order valence-electron chi connectivity index (χ1n) is 6.50. The highest BCUT2D eigenvalue weighted by molar-refractivity contribution is 5.92. The third-order valence-electron chi connectivity index (χ3n) is 2.58. The first kappa shape index (κ1) is 15.1. The fraction of sp³-hybridized carbons (Fsp3) is 0.714. The highest BCUT2D eigenvalue weighted by atomic mass is 16.1. The molecule has 0 saturated heterocycles. The van der Waals surface area contributed by atoms with Crippen LogP contribution < -0.4 is 0 Å². The van der Waals surface area contributed by atoms with Gasteiger partial charge in [0.25, 0.3) is 5.91 Å². The van der Waals surface area contributed by atoms with Gasteiger partial charge in [0.2, 0.25) is 0 Å². The quantitative estimate of drug-likeness (QED) is 0.308. The highest BCUT2D eigenvalue weighted by Crippen LogP contribution is 2.08. The van der Waals surface area contributed by atoms with Gasteiger partial charge in [-0.15, -0.1) is 0 Å². The Bertz CT molecular complexity index is 209. The number of carbonyl (C=O) groups excluding carboxylic acids is 1. The molecule has 0 unspecified atom stereocenters. The summed E-state index contributed by atoms with van der Waals surface area (Å²) in [6.45, 7) is 5.60. The minimum Gasteiger partial charge on any atom is -0.268 e. The molecule has 0 N–H and O–H groups in total. The Kier molecular flexibility index (Phi) is 11.5. The predicted octanol–water partition coefficient (Wildman–Crippen LogP) is 4.30. The highest BCUT2D eigenvalue weighted by Gasteiger charge is 1.91. The van der Waals surface area contributed by atoms with Gasteiger partial charge in [0.15, 0.2) is 0 Å². The summed E-state index contributed by atoms with van der Waals surface area (Å²) in [5.41, 5.74) is 0. The van der Waals surface area contributed by atoms with Crippen LogP contribution in [0.15, 0.2) is 17.6 Å². The maximum absolute atomic E-state index is 10.7. The van der Waals surface area contributed by atoms with E-state index in [-0.39, 0.29) is 5.91 Å². The van der Waals surface area contributed by atoms with Crippen LogP contribution in [-0.4, -0.2) is 12.1 Å². The van der Waals surface area contributed by atoms with Crippen LogP contribution in [0, 0.1) is 0 Å². The predicted molar refractivity (Wildman–Crippen MR) is 70.9 cm³/mol. The van der Waals surface area contributed by atoms with Crippen LogP contribution in [0.2, 0.25) is 0 Å². The topological polar surface area (TPSA) is 29.4 Å². The van der Waals surface area contributed by atoms with Crippen LogP contribution in [0.1, 0.15) is 64.7 Å². The standard InChI is InChI=1S/C14H25NO/c1-3-5-6-7-8-9-10-11-12-13-15-14(16)4-2/h4,13H,2-3,5-12H2,1H3. The molecule has 0 aromatic rings. The number of aliphatic imine (C=N–C) groups is 1. The molecule has 1 amide bonds. The molecule has 92 valence electrons. The lowest BCUT2D eigenvalue weighted by atomic mass is 10.1. The summed E-state index contributed by atoms with van der Waals surface area (Å²) in [4.78, 5) is 14.5. The smallest absolute Gasteiger partial charge is 0.268 e. The first-order valence-corrected chi connectivity index (χ1v) is 6.50. The van der Waals surface area contributed by atoms with Crippen molar-refractivity contribution < 1.29 is 4.79 Å². The van der Waals surface area contributed by atoms with Gasteiger partial charge in [-0.05, 0) is 18.9 Å². The Hall–Kier alpha value is -0.920. The zero-order chi connectivity index (χ0) is 12.1. The minimum atomic E-state index is -0.237. The van der Waals surface area contributed by atoms with E-state index in [1.54, 1.807) is 6.21 Å². The molecule has 0 radical (unpaired) electrons. The molecule has 0 rings (SSSR count). The van der Waals surface area contributed by atoms with Crippen LogP contribution in [0.5, 0.6) is 0 Å². The molecule has 0 fully saturated rings. The van der Waals surface area contributed by atoms with Crippen molar-refractivity contribution in [3.8, 4) is 0 Å². The SMILES string of the molecule is C=CC(=O)N=CCCCCCCCCCC. The van der Waals surface area contributed by atoms with Crippen molar-refractivity contribution in [2.45, 2.75) is 64.7 Å². The van der Waals surface area contributed by atoms with Crippen LogP contribution in [-0.2, 0) is 4.79 Å². The van der Waals surface area contributed by atoms with Gasteiger partial charge in [0.1, 0.15) is 0 Å². The van der Waals surface area contributed by atoms with Crippen molar-refractivity contribution in [2.24, 2.45) is 4.99 Å². The second-order valence-corrected chi connectivity index (χ2v) is 4.12. The molecule has 0 atom stereocenters. The van der Waals surface area contributed by atoms with E-state index in [2.05, 4.69) is 18.5 Å². The van der Waals surface area contributed by atoms with Crippen LogP contribution >= 0.6 is 0 Å². The van der Waals surface area contributed by atoms with E-state index in [9.17, 15) is 4.79 Å². The van der Waals surface area contributed by atoms with Crippen molar-refractivity contribution >= 4 is 12.1 Å². The molecule has 0 aromatic heterocycles. The molecule has 0 heterocycles.